The molecule has 0 radical (unpaired) electrons. The van der Waals surface area contributed by atoms with E-state index in [9.17, 15) is 4.79 Å². The highest BCUT2D eigenvalue weighted by atomic mass is 16.5. The van der Waals surface area contributed by atoms with Gasteiger partial charge in [0.15, 0.2) is 0 Å². The molecule has 0 fully saturated rings. The van der Waals surface area contributed by atoms with Crippen molar-refractivity contribution in [3.63, 3.8) is 0 Å². The fraction of sp³-hybridized carbons (Fsp3) is 0.136. The molecule has 0 unspecified atom stereocenters. The first kappa shape index (κ1) is 20.0. The fourth-order valence-corrected chi connectivity index (χ4v) is 2.89. The number of para-hydroxylation sites is 2. The number of hydrogen-bond acceptors (Lipinski definition) is 8. The lowest BCUT2D eigenvalue weighted by Gasteiger charge is -2.10. The van der Waals surface area contributed by atoms with Crippen LogP contribution in [0.5, 0.6) is 5.75 Å². The number of anilines is 2. The Morgan fingerprint density at radius 2 is 1.74 bits per heavy atom. The van der Waals surface area contributed by atoms with E-state index < -0.39 is 0 Å². The summed E-state index contributed by atoms with van der Waals surface area (Å²) >= 11 is 0. The summed E-state index contributed by atoms with van der Waals surface area (Å²) in [4.78, 5) is 22.4. The molecular formula is C22H20N6O3. The van der Waals surface area contributed by atoms with Crippen LogP contribution in [0.4, 0.5) is 11.7 Å². The molecule has 4 rings (SSSR count). The van der Waals surface area contributed by atoms with Crippen LogP contribution in [0.1, 0.15) is 10.4 Å². The van der Waals surface area contributed by atoms with Crippen LogP contribution in [0.15, 0.2) is 65.3 Å². The number of nitrogens with zero attached hydrogens (tertiary/aromatic N) is 5. The predicted octanol–water partition coefficient (Wildman–Crippen LogP) is 3.65. The molecule has 0 aliphatic rings. The SMILES string of the molecule is COc1ccccc1Nc1nnc(-c2cncc(-c3ccc(C(=O)N(C)C)cc3)n2)o1. The first-order valence-corrected chi connectivity index (χ1v) is 9.43. The van der Waals surface area contributed by atoms with Gasteiger partial charge in [0.2, 0.25) is 0 Å². The van der Waals surface area contributed by atoms with Crippen LogP contribution < -0.4 is 10.1 Å². The molecule has 2 aromatic heterocycles. The van der Waals surface area contributed by atoms with Crippen LogP contribution in [-0.2, 0) is 0 Å². The maximum atomic E-state index is 12.1. The largest absolute Gasteiger partial charge is 0.495 e. The second-order valence-electron chi connectivity index (χ2n) is 6.80. The number of rotatable bonds is 6. The van der Waals surface area contributed by atoms with E-state index in [2.05, 4.69) is 25.5 Å². The number of methoxy groups -OCH3 is 1. The third kappa shape index (κ3) is 4.35. The van der Waals surface area contributed by atoms with E-state index in [1.807, 2.05) is 36.4 Å². The number of amides is 1. The van der Waals surface area contributed by atoms with E-state index in [0.29, 0.717) is 28.4 Å². The van der Waals surface area contributed by atoms with Crippen molar-refractivity contribution < 1.29 is 13.9 Å². The summed E-state index contributed by atoms with van der Waals surface area (Å²) in [5, 5.41) is 11.1. The Balaban J connectivity index is 1.56. The van der Waals surface area contributed by atoms with Crippen LogP contribution >= 0.6 is 0 Å². The van der Waals surface area contributed by atoms with E-state index in [0.717, 1.165) is 5.56 Å². The van der Waals surface area contributed by atoms with Gasteiger partial charge in [0, 0.05) is 25.2 Å². The highest BCUT2D eigenvalue weighted by molar-refractivity contribution is 5.94. The number of aromatic nitrogens is 4. The Kier molecular flexibility index (Phi) is 5.57. The van der Waals surface area contributed by atoms with Crippen molar-refractivity contribution in [2.75, 3.05) is 26.5 Å². The Labute approximate surface area is 178 Å². The van der Waals surface area contributed by atoms with Crippen molar-refractivity contribution >= 4 is 17.6 Å². The van der Waals surface area contributed by atoms with Crippen molar-refractivity contribution in [2.45, 2.75) is 0 Å². The summed E-state index contributed by atoms with van der Waals surface area (Å²) in [6, 6.07) is 14.8. The molecular weight excluding hydrogens is 396 g/mol. The minimum absolute atomic E-state index is 0.0627. The first-order valence-electron chi connectivity index (χ1n) is 9.43. The average molecular weight is 416 g/mol. The second-order valence-corrected chi connectivity index (χ2v) is 6.80. The molecule has 0 atom stereocenters. The first-order chi connectivity index (χ1) is 15.0. The second kappa shape index (κ2) is 8.62. The van der Waals surface area contributed by atoms with Gasteiger partial charge in [-0.25, -0.2) is 4.98 Å². The van der Waals surface area contributed by atoms with Gasteiger partial charge in [0.05, 0.1) is 30.9 Å². The standard InChI is InChI=1S/C22H20N6O3/c1-28(2)21(29)15-10-8-14(9-11-15)17-12-23-13-18(24-17)20-26-27-22(31-20)25-16-6-4-5-7-19(16)30-3/h4-13H,1-3H3,(H,25,27). The smallest absolute Gasteiger partial charge is 0.320 e. The van der Waals surface area contributed by atoms with Crippen molar-refractivity contribution in [3.8, 4) is 28.6 Å². The molecule has 1 N–H and O–H groups in total. The summed E-state index contributed by atoms with van der Waals surface area (Å²) in [6.45, 7) is 0. The third-order valence-corrected chi connectivity index (χ3v) is 4.46. The van der Waals surface area contributed by atoms with Gasteiger partial charge >= 0.3 is 6.01 Å². The van der Waals surface area contributed by atoms with Gasteiger partial charge in [0.25, 0.3) is 11.8 Å². The third-order valence-electron chi connectivity index (χ3n) is 4.46. The summed E-state index contributed by atoms with van der Waals surface area (Å²) in [5.41, 5.74) is 3.18. The molecule has 0 aliphatic carbocycles. The van der Waals surface area contributed by atoms with Crippen molar-refractivity contribution in [1.29, 1.82) is 0 Å². The fourth-order valence-electron chi connectivity index (χ4n) is 2.89. The number of benzene rings is 2. The molecule has 9 heteroatoms. The zero-order valence-corrected chi connectivity index (χ0v) is 17.2. The van der Waals surface area contributed by atoms with Crippen molar-refractivity contribution in [1.82, 2.24) is 25.1 Å². The summed E-state index contributed by atoms with van der Waals surface area (Å²) in [7, 11) is 5.02. The molecule has 9 nitrogen and oxygen atoms in total. The van der Waals surface area contributed by atoms with Crippen LogP contribution in [0.25, 0.3) is 22.8 Å². The highest BCUT2D eigenvalue weighted by Crippen LogP contribution is 2.28. The number of carbonyl (C=O) groups is 1. The van der Waals surface area contributed by atoms with Crippen molar-refractivity contribution in [2.24, 2.45) is 0 Å². The van der Waals surface area contributed by atoms with Crippen LogP contribution in [0.2, 0.25) is 0 Å². The molecule has 0 saturated carbocycles. The Hall–Kier alpha value is -4.27. The molecule has 0 bridgehead atoms. The normalized spacial score (nSPS) is 10.5. The number of hydrogen-bond donors (Lipinski definition) is 1. The maximum Gasteiger partial charge on any atom is 0.320 e. The van der Waals surface area contributed by atoms with Crippen molar-refractivity contribution in [3.05, 3.63) is 66.5 Å². The van der Waals surface area contributed by atoms with E-state index in [-0.39, 0.29) is 17.8 Å². The summed E-state index contributed by atoms with van der Waals surface area (Å²) < 4.78 is 11.0. The number of ether oxygens (including phenoxy) is 1. The monoisotopic (exact) mass is 416 g/mol. The quantitative estimate of drug-likeness (QED) is 0.508. The Morgan fingerprint density at radius 3 is 2.48 bits per heavy atom. The van der Waals surface area contributed by atoms with Gasteiger partial charge < -0.3 is 19.4 Å². The molecule has 156 valence electrons. The van der Waals surface area contributed by atoms with Gasteiger partial charge in [-0.2, -0.15) is 0 Å². The van der Waals surface area contributed by atoms with E-state index in [1.54, 1.807) is 45.7 Å². The number of carbonyl (C=O) groups excluding carboxylic acids is 1. The summed E-state index contributed by atoms with van der Waals surface area (Å²) in [6.07, 6.45) is 3.18. The average Bonchev–Trinajstić information content (AvgIpc) is 3.27. The molecule has 4 aromatic rings. The molecule has 2 heterocycles. The molecule has 2 aromatic carbocycles. The van der Waals surface area contributed by atoms with E-state index >= 15 is 0 Å². The molecule has 1 amide bonds. The van der Waals surface area contributed by atoms with Gasteiger partial charge in [-0.15, -0.1) is 5.10 Å². The van der Waals surface area contributed by atoms with Gasteiger partial charge in [0.1, 0.15) is 11.4 Å². The van der Waals surface area contributed by atoms with Gasteiger partial charge in [-0.05, 0) is 24.3 Å². The van der Waals surface area contributed by atoms with Crippen LogP contribution in [0, 0.1) is 0 Å². The molecule has 0 saturated heterocycles. The van der Waals surface area contributed by atoms with Gasteiger partial charge in [-0.3, -0.25) is 9.78 Å². The lowest BCUT2D eigenvalue weighted by atomic mass is 10.1. The van der Waals surface area contributed by atoms with E-state index in [1.165, 1.54) is 4.90 Å². The highest BCUT2D eigenvalue weighted by Gasteiger charge is 2.14. The maximum absolute atomic E-state index is 12.1. The van der Waals surface area contributed by atoms with E-state index in [4.69, 9.17) is 9.15 Å². The summed E-state index contributed by atoms with van der Waals surface area (Å²) in [5.74, 6) is 0.818. The minimum atomic E-state index is -0.0627. The minimum Gasteiger partial charge on any atom is -0.495 e. The zero-order valence-electron chi connectivity index (χ0n) is 17.2. The zero-order chi connectivity index (χ0) is 21.8. The van der Waals surface area contributed by atoms with Crippen LogP contribution in [0.3, 0.4) is 0 Å². The molecule has 0 aliphatic heterocycles. The Morgan fingerprint density at radius 1 is 1.00 bits per heavy atom. The Bertz CT molecular complexity index is 1200. The lowest BCUT2D eigenvalue weighted by Crippen LogP contribution is -2.21. The topological polar surface area (TPSA) is 106 Å². The number of nitrogens with one attached hydrogen (secondary N) is 1. The van der Waals surface area contributed by atoms with Gasteiger partial charge in [-0.1, -0.05) is 29.4 Å². The lowest BCUT2D eigenvalue weighted by molar-refractivity contribution is 0.0827. The predicted molar refractivity (Wildman–Crippen MR) is 115 cm³/mol. The molecule has 0 spiro atoms. The molecule has 31 heavy (non-hydrogen) atoms. The van der Waals surface area contributed by atoms with Crippen LogP contribution in [-0.4, -0.2) is 52.2 Å².